The molecule has 3 amide bonds. The number of hydrogen-bond acceptors (Lipinski definition) is 5. The lowest BCUT2D eigenvalue weighted by atomic mass is 9.96. The third kappa shape index (κ3) is 6.67. The van der Waals surface area contributed by atoms with Crippen molar-refractivity contribution in [3.63, 3.8) is 0 Å². The number of benzene rings is 1. The third-order valence-corrected chi connectivity index (χ3v) is 7.23. The molecular weight excluding hydrogens is 511 g/mol. The second-order valence-corrected chi connectivity index (χ2v) is 9.89. The number of carbonyl (C=O) groups excluding carboxylic acids is 2. The molecule has 0 radical (unpaired) electrons. The highest BCUT2D eigenvalue weighted by Gasteiger charge is 2.28. The predicted octanol–water partition coefficient (Wildman–Crippen LogP) is 4.49. The van der Waals surface area contributed by atoms with Crippen LogP contribution in [0.25, 0.3) is 5.57 Å². The van der Waals surface area contributed by atoms with Crippen LogP contribution in [0.1, 0.15) is 66.7 Å². The fourth-order valence-electron chi connectivity index (χ4n) is 5.11. The van der Waals surface area contributed by atoms with Gasteiger partial charge >= 0.3 is 6.03 Å². The van der Waals surface area contributed by atoms with Gasteiger partial charge in [-0.1, -0.05) is 32.6 Å². The van der Waals surface area contributed by atoms with Gasteiger partial charge in [0.25, 0.3) is 5.91 Å². The molecule has 1 saturated heterocycles. The fraction of sp³-hybridized carbons (Fsp3) is 0.467. The van der Waals surface area contributed by atoms with Gasteiger partial charge in [0, 0.05) is 44.8 Å². The van der Waals surface area contributed by atoms with Crippen molar-refractivity contribution in [3.05, 3.63) is 76.8 Å². The van der Waals surface area contributed by atoms with Crippen LogP contribution in [0.3, 0.4) is 0 Å². The maximum absolute atomic E-state index is 14.8. The van der Waals surface area contributed by atoms with Crippen LogP contribution in [0.2, 0.25) is 0 Å². The van der Waals surface area contributed by atoms with Crippen LogP contribution in [0.15, 0.2) is 42.6 Å². The van der Waals surface area contributed by atoms with E-state index in [1.807, 2.05) is 26.8 Å². The highest BCUT2D eigenvalue weighted by molar-refractivity contribution is 5.96. The molecule has 0 atom stereocenters. The second kappa shape index (κ2) is 13.5. The van der Waals surface area contributed by atoms with E-state index >= 15 is 0 Å². The van der Waals surface area contributed by atoms with Crippen LogP contribution in [-0.2, 0) is 30.7 Å². The normalized spacial score (nSPS) is 17.1. The number of nitrogens with one attached hydrogen (secondary N) is 1. The molecule has 1 aromatic carbocycles. The molecule has 5 rings (SSSR count). The molecule has 4 heterocycles. The zero-order valence-corrected chi connectivity index (χ0v) is 23.7. The molecule has 214 valence electrons. The lowest BCUT2D eigenvalue weighted by molar-refractivity contribution is 0.0421. The Kier molecular flexibility index (Phi) is 9.87. The summed E-state index contributed by atoms with van der Waals surface area (Å²) >= 11 is 0. The number of amides is 3. The first-order valence-electron chi connectivity index (χ1n) is 14.1. The maximum Gasteiger partial charge on any atom is 0.320 e. The number of halogens is 1. The highest BCUT2D eigenvalue weighted by Crippen LogP contribution is 2.24. The Labute approximate surface area is 235 Å². The minimum atomic E-state index is -0.585. The lowest BCUT2D eigenvalue weighted by Crippen LogP contribution is -2.49. The van der Waals surface area contributed by atoms with E-state index in [1.165, 1.54) is 6.07 Å². The monoisotopic (exact) mass is 550 g/mol. The van der Waals surface area contributed by atoms with Crippen LogP contribution in [0, 0.1) is 5.82 Å². The third-order valence-electron chi connectivity index (χ3n) is 7.23. The lowest BCUT2D eigenvalue weighted by Gasteiger charge is -2.35. The molecule has 3 aliphatic heterocycles. The van der Waals surface area contributed by atoms with E-state index in [0.717, 1.165) is 54.2 Å². The van der Waals surface area contributed by atoms with Crippen molar-refractivity contribution < 1.29 is 18.7 Å². The van der Waals surface area contributed by atoms with E-state index in [2.05, 4.69) is 26.7 Å². The number of rotatable bonds is 5. The number of ether oxygens (including phenoxy) is 1. The van der Waals surface area contributed by atoms with Crippen LogP contribution in [0.4, 0.5) is 9.18 Å². The molecule has 0 unspecified atom stereocenters. The van der Waals surface area contributed by atoms with E-state index in [1.54, 1.807) is 28.0 Å². The predicted molar refractivity (Wildman–Crippen MR) is 152 cm³/mol. The molecule has 9 nitrogen and oxygen atoms in total. The molecule has 1 N–H and O–H groups in total. The molecule has 10 heteroatoms. The average Bonchev–Trinajstić information content (AvgIpc) is 3.42. The first-order valence-corrected chi connectivity index (χ1v) is 14.1. The van der Waals surface area contributed by atoms with Crippen molar-refractivity contribution in [1.29, 1.82) is 0 Å². The van der Waals surface area contributed by atoms with E-state index in [9.17, 15) is 14.0 Å². The van der Waals surface area contributed by atoms with Gasteiger partial charge in [-0.15, -0.1) is 10.2 Å². The van der Waals surface area contributed by atoms with Crippen molar-refractivity contribution in [2.75, 3.05) is 32.8 Å². The molecule has 40 heavy (non-hydrogen) atoms. The molecule has 0 saturated carbocycles. The van der Waals surface area contributed by atoms with Crippen LogP contribution in [-0.4, -0.2) is 69.4 Å². The zero-order valence-electron chi connectivity index (χ0n) is 23.7. The molecule has 1 aromatic heterocycles. The second-order valence-electron chi connectivity index (χ2n) is 9.89. The summed E-state index contributed by atoms with van der Waals surface area (Å²) in [6.45, 7) is 13.8. The number of fused-ring (bicyclic) bond motifs is 2. The van der Waals surface area contributed by atoms with Gasteiger partial charge in [0.15, 0.2) is 5.82 Å². The average molecular weight is 551 g/mol. The molecule has 0 aliphatic carbocycles. The van der Waals surface area contributed by atoms with Gasteiger partial charge in [-0.25, -0.2) is 9.18 Å². The first-order chi connectivity index (χ1) is 19.4. The van der Waals surface area contributed by atoms with E-state index in [0.29, 0.717) is 51.5 Å². The minimum Gasteiger partial charge on any atom is -0.378 e. The smallest absolute Gasteiger partial charge is 0.320 e. The van der Waals surface area contributed by atoms with Gasteiger partial charge in [0.05, 0.1) is 18.8 Å². The summed E-state index contributed by atoms with van der Waals surface area (Å²) in [5.41, 5.74) is 2.82. The van der Waals surface area contributed by atoms with Gasteiger partial charge in [-0.05, 0) is 61.1 Å². The zero-order chi connectivity index (χ0) is 28.6. The van der Waals surface area contributed by atoms with Crippen molar-refractivity contribution in [2.24, 2.45) is 0 Å². The topological polar surface area (TPSA) is 92.6 Å². The largest absolute Gasteiger partial charge is 0.378 e. The van der Waals surface area contributed by atoms with Gasteiger partial charge in [0.2, 0.25) is 0 Å². The summed E-state index contributed by atoms with van der Waals surface area (Å²) in [4.78, 5) is 29.3. The maximum atomic E-state index is 14.8. The van der Waals surface area contributed by atoms with Crippen molar-refractivity contribution >= 4 is 17.5 Å². The van der Waals surface area contributed by atoms with Gasteiger partial charge in [0.1, 0.15) is 11.6 Å². The number of allylic oxidation sites excluding steroid dienone is 4. The first kappa shape index (κ1) is 29.2. The van der Waals surface area contributed by atoms with Gasteiger partial charge in [-0.3, -0.25) is 4.79 Å². The quantitative estimate of drug-likeness (QED) is 0.554. The Bertz CT molecular complexity index is 1310. The molecule has 1 fully saturated rings. The molecule has 2 aromatic rings. The Balaban J connectivity index is 0.00000181. The summed E-state index contributed by atoms with van der Waals surface area (Å²) in [5, 5.41) is 11.3. The Morgan fingerprint density at radius 3 is 2.58 bits per heavy atom. The van der Waals surface area contributed by atoms with Crippen molar-refractivity contribution in [2.45, 2.75) is 59.5 Å². The summed E-state index contributed by atoms with van der Waals surface area (Å²) in [6.07, 6.45) is 9.07. The van der Waals surface area contributed by atoms with Crippen molar-refractivity contribution in [1.82, 2.24) is 29.9 Å². The summed E-state index contributed by atoms with van der Waals surface area (Å²) in [7, 11) is 0. The van der Waals surface area contributed by atoms with E-state index in [4.69, 9.17) is 4.74 Å². The van der Waals surface area contributed by atoms with Crippen LogP contribution >= 0.6 is 0 Å². The highest BCUT2D eigenvalue weighted by atomic mass is 19.1. The Morgan fingerprint density at radius 1 is 1.02 bits per heavy atom. The number of morpholine rings is 1. The van der Waals surface area contributed by atoms with E-state index in [-0.39, 0.29) is 11.6 Å². The van der Waals surface area contributed by atoms with Gasteiger partial charge in [-0.2, -0.15) is 0 Å². The molecule has 0 spiro atoms. The molecule has 0 bridgehead atoms. The summed E-state index contributed by atoms with van der Waals surface area (Å²) in [6, 6.07) is 2.90. The Hall–Kier alpha value is -3.79. The number of aryl methyl sites for hydroxylation is 1. The number of nitrogens with zero attached hydrogens (tertiary/aromatic N) is 5. The van der Waals surface area contributed by atoms with Crippen LogP contribution in [0.5, 0.6) is 0 Å². The fourth-order valence-corrected chi connectivity index (χ4v) is 5.11. The molecule has 3 aliphatic rings. The Morgan fingerprint density at radius 2 is 1.80 bits per heavy atom. The van der Waals surface area contributed by atoms with Gasteiger partial charge < -0.3 is 24.4 Å². The number of hydrogen-bond donors (Lipinski definition) is 1. The number of urea groups is 1. The van der Waals surface area contributed by atoms with E-state index < -0.39 is 11.7 Å². The van der Waals surface area contributed by atoms with Crippen LogP contribution < -0.4 is 5.32 Å². The van der Waals surface area contributed by atoms with Crippen molar-refractivity contribution in [3.8, 4) is 0 Å². The SMILES string of the molecule is C=C(/C=C\C=C(/C)c1nnc2n1CCCC2)NC(=O)c1cc2c(cc1F)CCN(C(=O)N1CCOCC1)C2.CC. The number of carbonyl (C=O) groups is 2. The summed E-state index contributed by atoms with van der Waals surface area (Å²) < 4.78 is 22.3. The molecular formula is C30H39FN6O3. The summed E-state index contributed by atoms with van der Waals surface area (Å²) in [5.74, 6) is 0.693. The minimum absolute atomic E-state index is 0.0530. The number of aromatic nitrogens is 3. The standard InChI is InChI=1S/C28H33FN6O3.C2H6/c1-19(26-32-31-25-8-3-4-10-35(25)26)6-5-7-20(2)30-27(36)23-16-22-18-34(11-9-21(22)17-24(23)29)28(37)33-12-14-38-15-13-33;1-2/h5-7,16-17H,2-4,8-15,18H2,1H3,(H,30,36);1-2H3/b7-5-,19-6+;.